The molecule has 2 aromatic rings. The third-order valence-corrected chi connectivity index (χ3v) is 4.24. The highest BCUT2D eigenvalue weighted by Gasteiger charge is 2.32. The number of hydrogen-bond acceptors (Lipinski definition) is 6. The number of nitrogens with zero attached hydrogens (tertiary/aromatic N) is 4. The van der Waals surface area contributed by atoms with Gasteiger partial charge in [-0.1, -0.05) is 6.92 Å². The molecule has 1 aromatic carbocycles. The fraction of sp³-hybridized carbons (Fsp3) is 0.412. The number of nitro groups is 1. The van der Waals surface area contributed by atoms with E-state index >= 15 is 0 Å². The maximum atomic E-state index is 10.8. The zero-order valence-corrected chi connectivity index (χ0v) is 13.8. The van der Waals surface area contributed by atoms with E-state index in [1.54, 1.807) is 12.1 Å². The van der Waals surface area contributed by atoms with Gasteiger partial charge in [-0.15, -0.1) is 0 Å². The van der Waals surface area contributed by atoms with Crippen molar-refractivity contribution < 1.29 is 10.0 Å². The topological polar surface area (TPSA) is 92.4 Å². The number of rotatable bonds is 4. The van der Waals surface area contributed by atoms with E-state index < -0.39 is 10.5 Å². The molecule has 1 fully saturated rings. The van der Waals surface area contributed by atoms with Crippen LogP contribution in [-0.4, -0.2) is 38.7 Å². The van der Waals surface area contributed by atoms with Crippen molar-refractivity contribution in [1.29, 1.82) is 0 Å². The molecule has 1 aromatic heterocycles. The fourth-order valence-corrected chi connectivity index (χ4v) is 2.83. The lowest BCUT2D eigenvalue weighted by Gasteiger charge is -2.21. The number of anilines is 1. The van der Waals surface area contributed by atoms with E-state index in [1.807, 2.05) is 19.9 Å². The fourth-order valence-electron chi connectivity index (χ4n) is 2.83. The van der Waals surface area contributed by atoms with Crippen molar-refractivity contribution in [3.63, 3.8) is 0 Å². The summed E-state index contributed by atoms with van der Waals surface area (Å²) in [7, 11) is 0. The van der Waals surface area contributed by atoms with E-state index in [1.165, 1.54) is 12.1 Å². The lowest BCUT2D eigenvalue weighted by Crippen LogP contribution is -2.30. The Morgan fingerprint density at radius 3 is 2.58 bits per heavy atom. The monoisotopic (exact) mass is 328 g/mol. The minimum atomic E-state index is -0.704. The second-order valence-corrected chi connectivity index (χ2v) is 6.37. The van der Waals surface area contributed by atoms with Gasteiger partial charge < -0.3 is 10.0 Å². The van der Waals surface area contributed by atoms with Gasteiger partial charge >= 0.3 is 0 Å². The van der Waals surface area contributed by atoms with Crippen LogP contribution in [0, 0.1) is 10.1 Å². The molecule has 1 aliphatic rings. The first-order valence-corrected chi connectivity index (χ1v) is 7.98. The third-order valence-electron chi connectivity index (χ3n) is 4.24. The van der Waals surface area contributed by atoms with Gasteiger partial charge in [-0.25, -0.2) is 9.97 Å². The van der Waals surface area contributed by atoms with Crippen molar-refractivity contribution in [2.45, 2.75) is 32.3 Å². The van der Waals surface area contributed by atoms with E-state index in [0.717, 1.165) is 30.0 Å². The Balaban J connectivity index is 1.96. The smallest absolute Gasteiger partial charge is 0.269 e. The molecule has 7 heteroatoms. The van der Waals surface area contributed by atoms with Gasteiger partial charge in [0, 0.05) is 42.5 Å². The van der Waals surface area contributed by atoms with Crippen molar-refractivity contribution in [1.82, 2.24) is 9.97 Å². The maximum absolute atomic E-state index is 10.8. The molecule has 0 saturated carbocycles. The van der Waals surface area contributed by atoms with Crippen LogP contribution in [0.4, 0.5) is 11.5 Å². The minimum Gasteiger partial charge on any atom is -0.388 e. The Morgan fingerprint density at radius 1 is 1.33 bits per heavy atom. The van der Waals surface area contributed by atoms with Crippen LogP contribution in [-0.2, 0) is 6.42 Å². The SMILES string of the molecule is CCc1cc(N2CCC(C)(O)C2)nc(-c2ccc([N+](=O)[O-])cc2)n1. The number of aromatic nitrogens is 2. The summed E-state index contributed by atoms with van der Waals surface area (Å²) in [6, 6.07) is 8.18. The highest BCUT2D eigenvalue weighted by atomic mass is 16.6. The Bertz CT molecular complexity index is 759. The molecule has 1 unspecified atom stereocenters. The number of hydrogen-bond donors (Lipinski definition) is 1. The third kappa shape index (κ3) is 3.35. The van der Waals surface area contributed by atoms with Crippen molar-refractivity contribution in [2.75, 3.05) is 18.0 Å². The minimum absolute atomic E-state index is 0.0428. The highest BCUT2D eigenvalue weighted by molar-refractivity contribution is 5.60. The zero-order chi connectivity index (χ0) is 17.3. The van der Waals surface area contributed by atoms with Crippen molar-refractivity contribution in [2.24, 2.45) is 0 Å². The molecule has 1 N–H and O–H groups in total. The molecule has 3 rings (SSSR count). The molecular weight excluding hydrogens is 308 g/mol. The van der Waals surface area contributed by atoms with Gasteiger partial charge in [-0.05, 0) is 31.9 Å². The molecule has 1 saturated heterocycles. The molecule has 7 nitrogen and oxygen atoms in total. The Kier molecular flexibility index (Phi) is 4.19. The summed E-state index contributed by atoms with van der Waals surface area (Å²) in [5.41, 5.74) is 0.981. The predicted molar refractivity (Wildman–Crippen MR) is 91.0 cm³/mol. The molecule has 0 spiro atoms. The van der Waals surface area contributed by atoms with Gasteiger partial charge in [0.15, 0.2) is 5.82 Å². The summed E-state index contributed by atoms with van der Waals surface area (Å²) in [6.07, 6.45) is 1.46. The normalized spacial score (nSPS) is 20.4. The average molecular weight is 328 g/mol. The molecule has 24 heavy (non-hydrogen) atoms. The Hall–Kier alpha value is -2.54. The standard InChI is InChI=1S/C17H20N4O3/c1-3-13-10-15(20-9-8-17(2,22)11-20)19-16(18-13)12-4-6-14(7-5-12)21(23)24/h4-7,10,22H,3,8-9,11H2,1-2H3. The zero-order valence-electron chi connectivity index (χ0n) is 13.8. The Labute approximate surface area is 140 Å². The van der Waals surface area contributed by atoms with Gasteiger partial charge in [0.25, 0.3) is 5.69 Å². The van der Waals surface area contributed by atoms with Gasteiger partial charge in [0.2, 0.25) is 0 Å². The second-order valence-electron chi connectivity index (χ2n) is 6.37. The van der Waals surface area contributed by atoms with Crippen LogP contribution in [0.15, 0.2) is 30.3 Å². The molecule has 1 aliphatic heterocycles. The van der Waals surface area contributed by atoms with Crippen LogP contribution in [0.2, 0.25) is 0 Å². The van der Waals surface area contributed by atoms with Gasteiger partial charge in [0.05, 0.1) is 10.5 Å². The number of non-ortho nitro benzene ring substituents is 1. The largest absolute Gasteiger partial charge is 0.388 e. The second kappa shape index (κ2) is 6.16. The first-order chi connectivity index (χ1) is 11.4. The molecule has 1 atom stereocenters. The van der Waals surface area contributed by atoms with Crippen molar-refractivity contribution >= 4 is 11.5 Å². The van der Waals surface area contributed by atoms with E-state index in [-0.39, 0.29) is 5.69 Å². The molecule has 0 bridgehead atoms. The Morgan fingerprint density at radius 2 is 2.04 bits per heavy atom. The van der Waals surface area contributed by atoms with Gasteiger partial charge in [-0.3, -0.25) is 10.1 Å². The van der Waals surface area contributed by atoms with Crippen molar-refractivity contribution in [3.8, 4) is 11.4 Å². The van der Waals surface area contributed by atoms with Crippen LogP contribution in [0.5, 0.6) is 0 Å². The number of nitro benzene ring substituents is 1. The van der Waals surface area contributed by atoms with E-state index in [2.05, 4.69) is 14.9 Å². The summed E-state index contributed by atoms with van der Waals surface area (Å²) < 4.78 is 0. The summed E-state index contributed by atoms with van der Waals surface area (Å²) in [6.45, 7) is 5.12. The van der Waals surface area contributed by atoms with E-state index in [0.29, 0.717) is 18.8 Å². The quantitative estimate of drug-likeness (QED) is 0.685. The summed E-state index contributed by atoms with van der Waals surface area (Å²) >= 11 is 0. The molecule has 126 valence electrons. The van der Waals surface area contributed by atoms with E-state index in [4.69, 9.17) is 0 Å². The maximum Gasteiger partial charge on any atom is 0.269 e. The first kappa shape index (κ1) is 16.3. The molecular formula is C17H20N4O3. The van der Waals surface area contributed by atoms with Crippen LogP contribution in [0.1, 0.15) is 26.0 Å². The molecule has 0 amide bonds. The van der Waals surface area contributed by atoms with Gasteiger partial charge in [-0.2, -0.15) is 0 Å². The molecule has 0 radical (unpaired) electrons. The predicted octanol–water partition coefficient (Wildman–Crippen LogP) is 2.58. The first-order valence-electron chi connectivity index (χ1n) is 7.98. The number of aryl methyl sites for hydroxylation is 1. The number of β-amino-alcohol motifs (C(OH)–C–C–N with tert-alkyl or cyclic N) is 1. The highest BCUT2D eigenvalue weighted by Crippen LogP contribution is 2.28. The summed E-state index contributed by atoms with van der Waals surface area (Å²) in [5, 5.41) is 21.0. The van der Waals surface area contributed by atoms with Crippen LogP contribution >= 0.6 is 0 Å². The van der Waals surface area contributed by atoms with Gasteiger partial charge in [0.1, 0.15) is 5.82 Å². The molecule has 2 heterocycles. The van der Waals surface area contributed by atoms with Crippen LogP contribution < -0.4 is 4.90 Å². The summed E-state index contributed by atoms with van der Waals surface area (Å²) in [5.74, 6) is 1.33. The van der Waals surface area contributed by atoms with Crippen molar-refractivity contribution in [3.05, 3.63) is 46.1 Å². The molecule has 0 aliphatic carbocycles. The van der Waals surface area contributed by atoms with Crippen LogP contribution in [0.25, 0.3) is 11.4 Å². The van der Waals surface area contributed by atoms with E-state index in [9.17, 15) is 15.2 Å². The lowest BCUT2D eigenvalue weighted by atomic mass is 10.1. The summed E-state index contributed by atoms with van der Waals surface area (Å²) in [4.78, 5) is 21.5. The van der Waals surface area contributed by atoms with Crippen LogP contribution in [0.3, 0.4) is 0 Å². The number of aliphatic hydroxyl groups is 1. The number of benzene rings is 1. The lowest BCUT2D eigenvalue weighted by molar-refractivity contribution is -0.384. The average Bonchev–Trinajstić information content (AvgIpc) is 2.94.